The van der Waals surface area contributed by atoms with E-state index in [-0.39, 0.29) is 0 Å². The van der Waals surface area contributed by atoms with Crippen LogP contribution < -0.4 is 0 Å². The van der Waals surface area contributed by atoms with Crippen molar-refractivity contribution in [2.75, 3.05) is 0 Å². The zero-order chi connectivity index (χ0) is 20.5. The molecular weight excluding hydrogens is 336 g/mol. The van der Waals surface area contributed by atoms with Gasteiger partial charge in [0.05, 0.1) is 0 Å². The predicted molar refractivity (Wildman–Crippen MR) is 131 cm³/mol. The molecule has 0 rings (SSSR count). The van der Waals surface area contributed by atoms with Gasteiger partial charge in [0.15, 0.2) is 0 Å². The topological polar surface area (TPSA) is 0 Å². The Balaban J connectivity index is 3.55. The summed E-state index contributed by atoms with van der Waals surface area (Å²) in [4.78, 5) is 0. The molecule has 0 aromatic carbocycles. The average Bonchev–Trinajstić information content (AvgIpc) is 2.71. The van der Waals surface area contributed by atoms with Gasteiger partial charge in [-0.05, 0) is 5.92 Å². The van der Waals surface area contributed by atoms with Crippen molar-refractivity contribution in [2.24, 2.45) is 5.92 Å². The lowest BCUT2D eigenvalue weighted by Gasteiger charge is -2.17. The first-order valence-electron chi connectivity index (χ1n) is 13.8. The van der Waals surface area contributed by atoms with Crippen LogP contribution in [0.5, 0.6) is 0 Å². The molecule has 0 nitrogen and oxygen atoms in total. The largest absolute Gasteiger partial charge is 0.0654 e. The molecule has 0 aromatic heterocycles. The molecule has 0 aromatic rings. The lowest BCUT2D eigenvalue weighted by molar-refractivity contribution is 0.367. The van der Waals surface area contributed by atoms with Crippen LogP contribution in [0.2, 0.25) is 0 Å². The standard InChI is InChI=1S/C28H58/c1-4-7-10-12-14-15-16-17-18-19-21-24-27-28(25-22-9-6-3)26-23-20-13-11-8-5-2/h28H,4-27H2,1-3H3. The summed E-state index contributed by atoms with van der Waals surface area (Å²) in [7, 11) is 0. The van der Waals surface area contributed by atoms with E-state index in [1.165, 1.54) is 154 Å². The minimum Gasteiger partial charge on any atom is -0.0654 e. The van der Waals surface area contributed by atoms with Crippen LogP contribution in [-0.2, 0) is 0 Å². The van der Waals surface area contributed by atoms with Gasteiger partial charge >= 0.3 is 0 Å². The summed E-state index contributed by atoms with van der Waals surface area (Å²) < 4.78 is 0. The normalized spacial score (nSPS) is 12.5. The molecule has 0 heteroatoms. The first-order chi connectivity index (χ1) is 13.8. The lowest BCUT2D eigenvalue weighted by atomic mass is 9.89. The maximum atomic E-state index is 2.34. The Labute approximate surface area is 181 Å². The Kier molecular flexibility index (Phi) is 25.0. The van der Waals surface area contributed by atoms with E-state index < -0.39 is 0 Å². The second kappa shape index (κ2) is 25.0. The van der Waals surface area contributed by atoms with Crippen LogP contribution in [0.1, 0.15) is 175 Å². The zero-order valence-electron chi connectivity index (χ0n) is 20.5. The molecule has 0 aliphatic rings. The first-order valence-corrected chi connectivity index (χ1v) is 13.8. The molecular formula is C28H58. The SMILES string of the molecule is CCCCCCCCCCCCCCC(CCCCC)CCCCCCCC. The molecule has 0 fully saturated rings. The zero-order valence-corrected chi connectivity index (χ0v) is 20.5. The molecule has 0 saturated carbocycles. The monoisotopic (exact) mass is 394 g/mol. The Bertz CT molecular complexity index is 257. The van der Waals surface area contributed by atoms with Crippen LogP contribution in [0.15, 0.2) is 0 Å². The van der Waals surface area contributed by atoms with E-state index in [1.807, 2.05) is 0 Å². The number of rotatable bonds is 24. The van der Waals surface area contributed by atoms with Crippen LogP contribution >= 0.6 is 0 Å². The van der Waals surface area contributed by atoms with Crippen LogP contribution in [0.3, 0.4) is 0 Å². The summed E-state index contributed by atoms with van der Waals surface area (Å²) in [6.45, 7) is 6.97. The summed E-state index contributed by atoms with van der Waals surface area (Å²) in [6.07, 6.45) is 35.3. The molecule has 0 amide bonds. The predicted octanol–water partition coefficient (Wildman–Crippen LogP) is 11.0. The van der Waals surface area contributed by atoms with Gasteiger partial charge in [-0.2, -0.15) is 0 Å². The molecule has 0 spiro atoms. The van der Waals surface area contributed by atoms with E-state index in [9.17, 15) is 0 Å². The highest BCUT2D eigenvalue weighted by Gasteiger charge is 2.08. The van der Waals surface area contributed by atoms with E-state index in [2.05, 4.69) is 20.8 Å². The van der Waals surface area contributed by atoms with Crippen molar-refractivity contribution in [2.45, 2.75) is 175 Å². The third-order valence-electron chi connectivity index (χ3n) is 6.65. The Hall–Kier alpha value is 0. The van der Waals surface area contributed by atoms with E-state index in [1.54, 1.807) is 0 Å². The van der Waals surface area contributed by atoms with Crippen LogP contribution in [0.4, 0.5) is 0 Å². The summed E-state index contributed by atoms with van der Waals surface area (Å²) >= 11 is 0. The van der Waals surface area contributed by atoms with Gasteiger partial charge in [-0.15, -0.1) is 0 Å². The molecule has 0 aliphatic heterocycles. The maximum Gasteiger partial charge on any atom is -0.0414 e. The molecule has 1 unspecified atom stereocenters. The van der Waals surface area contributed by atoms with Gasteiger partial charge < -0.3 is 0 Å². The fraction of sp³-hybridized carbons (Fsp3) is 1.00. The van der Waals surface area contributed by atoms with Gasteiger partial charge in [0.1, 0.15) is 0 Å². The van der Waals surface area contributed by atoms with Crippen molar-refractivity contribution in [3.05, 3.63) is 0 Å². The molecule has 0 N–H and O–H groups in total. The average molecular weight is 395 g/mol. The highest BCUT2D eigenvalue weighted by molar-refractivity contribution is 4.62. The van der Waals surface area contributed by atoms with Crippen LogP contribution in [0.25, 0.3) is 0 Å². The van der Waals surface area contributed by atoms with Crippen molar-refractivity contribution < 1.29 is 0 Å². The Morgan fingerprint density at radius 3 is 0.821 bits per heavy atom. The van der Waals surface area contributed by atoms with Gasteiger partial charge in [0.25, 0.3) is 0 Å². The van der Waals surface area contributed by atoms with Crippen molar-refractivity contribution in [3.8, 4) is 0 Å². The fourth-order valence-electron chi connectivity index (χ4n) is 4.60. The minimum atomic E-state index is 1.04. The highest BCUT2D eigenvalue weighted by Crippen LogP contribution is 2.24. The number of hydrogen-bond donors (Lipinski definition) is 0. The van der Waals surface area contributed by atoms with E-state index in [0.717, 1.165) is 5.92 Å². The minimum absolute atomic E-state index is 1.04. The van der Waals surface area contributed by atoms with Crippen LogP contribution in [0, 0.1) is 5.92 Å². The summed E-state index contributed by atoms with van der Waals surface area (Å²) in [5.74, 6) is 1.04. The second-order valence-corrected chi connectivity index (χ2v) is 9.60. The second-order valence-electron chi connectivity index (χ2n) is 9.60. The highest BCUT2D eigenvalue weighted by atomic mass is 14.1. The summed E-state index contributed by atoms with van der Waals surface area (Å²) in [5.41, 5.74) is 0. The molecule has 0 saturated heterocycles. The van der Waals surface area contributed by atoms with Crippen molar-refractivity contribution in [3.63, 3.8) is 0 Å². The quantitative estimate of drug-likeness (QED) is 0.143. The van der Waals surface area contributed by atoms with Gasteiger partial charge in [0, 0.05) is 0 Å². The third-order valence-corrected chi connectivity index (χ3v) is 6.65. The summed E-state index contributed by atoms with van der Waals surface area (Å²) in [6, 6.07) is 0. The number of unbranched alkanes of at least 4 members (excludes halogenated alkanes) is 18. The Morgan fingerprint density at radius 2 is 0.500 bits per heavy atom. The van der Waals surface area contributed by atoms with Crippen LogP contribution in [-0.4, -0.2) is 0 Å². The van der Waals surface area contributed by atoms with Gasteiger partial charge in [-0.3, -0.25) is 0 Å². The maximum absolute atomic E-state index is 2.34. The first kappa shape index (κ1) is 28.0. The van der Waals surface area contributed by atoms with Crippen molar-refractivity contribution in [1.82, 2.24) is 0 Å². The van der Waals surface area contributed by atoms with Gasteiger partial charge in [0.2, 0.25) is 0 Å². The molecule has 0 radical (unpaired) electrons. The van der Waals surface area contributed by atoms with Crippen molar-refractivity contribution >= 4 is 0 Å². The Morgan fingerprint density at radius 1 is 0.286 bits per heavy atom. The van der Waals surface area contributed by atoms with Gasteiger partial charge in [-0.25, -0.2) is 0 Å². The van der Waals surface area contributed by atoms with Crippen molar-refractivity contribution in [1.29, 1.82) is 0 Å². The fourth-order valence-corrected chi connectivity index (χ4v) is 4.60. The smallest absolute Gasteiger partial charge is 0.0414 e. The molecule has 0 bridgehead atoms. The molecule has 1 atom stereocenters. The molecule has 170 valence electrons. The summed E-state index contributed by atoms with van der Waals surface area (Å²) in [5, 5.41) is 0. The molecule has 28 heavy (non-hydrogen) atoms. The van der Waals surface area contributed by atoms with Gasteiger partial charge in [-0.1, -0.05) is 175 Å². The number of hydrogen-bond acceptors (Lipinski definition) is 0. The molecule has 0 heterocycles. The van der Waals surface area contributed by atoms with E-state index in [0.29, 0.717) is 0 Å². The van der Waals surface area contributed by atoms with E-state index in [4.69, 9.17) is 0 Å². The third kappa shape index (κ3) is 22.3. The van der Waals surface area contributed by atoms with E-state index >= 15 is 0 Å². The lowest BCUT2D eigenvalue weighted by Crippen LogP contribution is -2.01. The molecule has 0 aliphatic carbocycles.